The van der Waals surface area contributed by atoms with Gasteiger partial charge in [-0.15, -0.1) is 22.7 Å². The van der Waals surface area contributed by atoms with E-state index in [1.54, 1.807) is 18.4 Å². The second-order valence-electron chi connectivity index (χ2n) is 14.9. The first-order chi connectivity index (χ1) is 27.5. The van der Waals surface area contributed by atoms with Crippen molar-refractivity contribution in [1.29, 1.82) is 15.8 Å². The topological polar surface area (TPSA) is 123 Å². The molecule has 11 heteroatoms. The minimum Gasteiger partial charge on any atom is -0.496 e. The van der Waals surface area contributed by atoms with Crippen LogP contribution in [0.4, 0.5) is 11.4 Å². The van der Waals surface area contributed by atoms with Crippen LogP contribution in [0.5, 0.6) is 5.75 Å². The molecule has 5 rings (SSSR count). The molecule has 0 radical (unpaired) electrons. The molecule has 2 aliphatic rings. The number of anilines is 2. The third kappa shape index (κ3) is 8.69. The highest BCUT2D eigenvalue weighted by Crippen LogP contribution is 2.59. The Labute approximate surface area is 346 Å². The maximum atomic E-state index is 11.6. The zero-order chi connectivity index (χ0) is 41.3. The third-order valence-corrected chi connectivity index (χ3v) is 13.2. The van der Waals surface area contributed by atoms with E-state index in [9.17, 15) is 20.6 Å². The van der Waals surface area contributed by atoms with Crippen molar-refractivity contribution in [1.82, 2.24) is 0 Å². The van der Waals surface area contributed by atoms with E-state index in [1.165, 1.54) is 27.1 Å². The first kappa shape index (κ1) is 42.9. The average Bonchev–Trinajstić information content (AvgIpc) is 3.91. The van der Waals surface area contributed by atoms with Crippen molar-refractivity contribution < 1.29 is 19.0 Å². The van der Waals surface area contributed by atoms with Gasteiger partial charge in [-0.2, -0.15) is 15.8 Å². The van der Waals surface area contributed by atoms with Crippen molar-refractivity contribution in [3.05, 3.63) is 82.0 Å². The number of hydrogen-bond acceptors (Lipinski definition) is 11. The minimum absolute atomic E-state index is 0.0416. The van der Waals surface area contributed by atoms with E-state index < -0.39 is 11.6 Å². The zero-order valence-electron chi connectivity index (χ0n) is 34.3. The van der Waals surface area contributed by atoms with Crippen LogP contribution in [-0.4, -0.2) is 45.4 Å². The number of methoxy groups -OCH3 is 1. The Kier molecular flexibility index (Phi) is 14.1. The van der Waals surface area contributed by atoms with Crippen LogP contribution >= 0.6 is 22.7 Å². The number of likely N-dealkylation sites (N-methyl/N-ethyl adjacent to an activating group) is 1. The molecule has 0 fully saturated rings. The number of carbonyl (C=O) groups excluding carboxylic acids is 1. The fourth-order valence-corrected chi connectivity index (χ4v) is 10.3. The largest absolute Gasteiger partial charge is 0.496 e. The summed E-state index contributed by atoms with van der Waals surface area (Å²) in [5, 5.41) is 29.3. The molecule has 4 heterocycles. The molecule has 2 aliphatic heterocycles. The molecule has 57 heavy (non-hydrogen) atoms. The maximum Gasteiger partial charge on any atom is 0.330 e. The monoisotopic (exact) mass is 803 g/mol. The molecule has 0 saturated heterocycles. The van der Waals surface area contributed by atoms with Gasteiger partial charge in [-0.25, -0.2) is 4.79 Å². The van der Waals surface area contributed by atoms with Crippen LogP contribution in [-0.2, 0) is 19.8 Å². The Morgan fingerprint density at radius 2 is 1.68 bits per heavy atom. The Morgan fingerprint density at radius 1 is 0.982 bits per heavy atom. The number of unbranched alkanes of at least 4 members (excludes halogenated alkanes) is 3. The molecule has 0 saturated carbocycles. The quantitative estimate of drug-likeness (QED) is 0.0702. The van der Waals surface area contributed by atoms with Crippen LogP contribution in [0.1, 0.15) is 96.4 Å². The van der Waals surface area contributed by atoms with E-state index in [-0.39, 0.29) is 29.1 Å². The van der Waals surface area contributed by atoms with Crippen LogP contribution in [0.2, 0.25) is 0 Å². The molecule has 0 bridgehead atoms. The lowest BCUT2D eigenvalue weighted by atomic mass is 9.76. The van der Waals surface area contributed by atoms with E-state index in [1.807, 2.05) is 67.5 Å². The number of nitrogens with zero attached hydrogens (tertiary/aromatic N) is 5. The third-order valence-electron chi connectivity index (χ3n) is 10.8. The van der Waals surface area contributed by atoms with Crippen LogP contribution in [0.15, 0.2) is 71.5 Å². The number of benzene rings is 1. The number of esters is 1. The number of hydrogen-bond donors (Lipinski definition) is 0. The molecular formula is C46H53N5O4S2. The lowest BCUT2D eigenvalue weighted by Gasteiger charge is -2.49. The van der Waals surface area contributed by atoms with Crippen LogP contribution in [0.3, 0.4) is 0 Å². The van der Waals surface area contributed by atoms with Crippen molar-refractivity contribution in [2.24, 2.45) is 0 Å². The normalized spacial score (nSPS) is 14.9. The number of fused-ring (bicyclic) bond motifs is 3. The van der Waals surface area contributed by atoms with Crippen LogP contribution in [0.25, 0.3) is 26.3 Å². The molecule has 0 atom stereocenters. The Morgan fingerprint density at radius 3 is 2.30 bits per heavy atom. The van der Waals surface area contributed by atoms with Crippen molar-refractivity contribution >= 4 is 46.1 Å². The second kappa shape index (κ2) is 18.8. The first-order valence-corrected chi connectivity index (χ1v) is 21.4. The summed E-state index contributed by atoms with van der Waals surface area (Å²) in [5.74, 6) is 0.382. The van der Waals surface area contributed by atoms with Gasteiger partial charge in [0.05, 0.1) is 34.6 Å². The Bertz CT molecular complexity index is 2180. The molecule has 0 N–H and O–H groups in total. The average molecular weight is 804 g/mol. The fraction of sp³-hybridized carbons (Fsp3) is 0.435. The van der Waals surface area contributed by atoms with E-state index in [2.05, 4.69) is 62.6 Å². The van der Waals surface area contributed by atoms with E-state index in [0.29, 0.717) is 12.1 Å². The predicted molar refractivity (Wildman–Crippen MR) is 232 cm³/mol. The fourth-order valence-electron chi connectivity index (χ4n) is 7.75. The summed E-state index contributed by atoms with van der Waals surface area (Å²) in [7, 11) is 3.68. The summed E-state index contributed by atoms with van der Waals surface area (Å²) in [6, 6.07) is 17.0. The minimum atomic E-state index is -0.896. The molecule has 3 aromatic rings. The first-order valence-electron chi connectivity index (χ1n) is 19.8. The summed E-state index contributed by atoms with van der Waals surface area (Å²) in [5.41, 5.74) is 4.18. The lowest BCUT2D eigenvalue weighted by molar-refractivity contribution is -0.137. The standard InChI is InChI=1S/C46H53N5O4S2/c1-9-13-20-46(21-14-10-2)37-27-40(34-18-16-32(25-39(34)53-8)50(7)23-24-54-41(52)12-4)57-43(37)44-38(51(46)22-15-11-3)26-33(56-44)17-19-36-35(30-49)42(31(28-47)29-48)55-45(36,5)6/h12,16-19,25-27H,4,9-11,13-15,20-24H2,1-3,5-8H3/b19-17+. The lowest BCUT2D eigenvalue weighted by Crippen LogP contribution is -2.49. The van der Waals surface area contributed by atoms with Gasteiger partial charge < -0.3 is 24.0 Å². The SMILES string of the molecule is C=CC(=O)OCCN(C)c1ccc(-c2cc3c(s2)-c2sc(/C=C/C4=C(C#N)C(=C(C#N)C#N)OC4(C)C)cc2N(CCCC)C3(CCCC)CCCC)c(OC)c1. The molecule has 9 nitrogen and oxygen atoms in total. The maximum absolute atomic E-state index is 11.6. The molecule has 0 amide bonds. The van der Waals surface area contributed by atoms with Gasteiger partial charge in [0.15, 0.2) is 11.3 Å². The number of nitriles is 3. The molecule has 0 unspecified atom stereocenters. The van der Waals surface area contributed by atoms with Crippen molar-refractivity contribution in [3.8, 4) is 44.2 Å². The highest BCUT2D eigenvalue weighted by molar-refractivity contribution is 7.25. The van der Waals surface area contributed by atoms with Gasteiger partial charge in [-0.1, -0.05) is 65.5 Å². The summed E-state index contributed by atoms with van der Waals surface area (Å²) < 4.78 is 17.3. The summed E-state index contributed by atoms with van der Waals surface area (Å²) in [6.45, 7) is 15.7. The Balaban J connectivity index is 1.66. The van der Waals surface area contributed by atoms with Crippen molar-refractivity contribution in [2.45, 2.75) is 97.1 Å². The molecular weight excluding hydrogens is 751 g/mol. The van der Waals surface area contributed by atoms with Crippen molar-refractivity contribution in [3.63, 3.8) is 0 Å². The number of allylic oxidation sites excluding steroid dienone is 2. The van der Waals surface area contributed by atoms with Gasteiger partial charge >= 0.3 is 5.97 Å². The number of carbonyl (C=O) groups is 1. The number of ether oxygens (including phenoxy) is 3. The van der Waals surface area contributed by atoms with E-state index in [4.69, 9.17) is 14.2 Å². The zero-order valence-corrected chi connectivity index (χ0v) is 35.9. The van der Waals surface area contributed by atoms with Gasteiger partial charge in [0.1, 0.15) is 41.7 Å². The van der Waals surface area contributed by atoms with Gasteiger partial charge in [-0.05, 0) is 69.0 Å². The molecule has 298 valence electrons. The summed E-state index contributed by atoms with van der Waals surface area (Å²) in [6.07, 6.45) is 13.8. The summed E-state index contributed by atoms with van der Waals surface area (Å²) in [4.78, 5) is 21.1. The van der Waals surface area contributed by atoms with Crippen molar-refractivity contribution in [2.75, 3.05) is 43.7 Å². The molecule has 2 aromatic heterocycles. The smallest absolute Gasteiger partial charge is 0.330 e. The van der Waals surface area contributed by atoms with Gasteiger partial charge in [-0.3, -0.25) is 0 Å². The van der Waals surface area contributed by atoms with Gasteiger partial charge in [0.25, 0.3) is 0 Å². The highest BCUT2D eigenvalue weighted by atomic mass is 32.1. The summed E-state index contributed by atoms with van der Waals surface area (Å²) >= 11 is 3.57. The number of thiophene rings is 2. The molecule has 0 aliphatic carbocycles. The van der Waals surface area contributed by atoms with Gasteiger partial charge in [0.2, 0.25) is 0 Å². The highest BCUT2D eigenvalue weighted by Gasteiger charge is 2.46. The van der Waals surface area contributed by atoms with Crippen LogP contribution in [0, 0.1) is 34.0 Å². The predicted octanol–water partition coefficient (Wildman–Crippen LogP) is 11.5. The van der Waals surface area contributed by atoms with Gasteiger partial charge in [0, 0.05) is 52.3 Å². The molecule has 0 spiro atoms. The Hall–Kier alpha value is -5.28. The van der Waals surface area contributed by atoms with E-state index in [0.717, 1.165) is 84.7 Å². The number of rotatable bonds is 18. The molecule has 1 aromatic carbocycles. The second-order valence-corrected chi connectivity index (χ2v) is 17.0. The van der Waals surface area contributed by atoms with Crippen LogP contribution < -0.4 is 14.5 Å². The van der Waals surface area contributed by atoms with E-state index >= 15 is 0 Å².